The van der Waals surface area contributed by atoms with Gasteiger partial charge in [-0.3, -0.25) is 13.9 Å². The number of carbonyl (C=O) groups is 2. The average Bonchev–Trinajstić information content (AvgIpc) is 2.82. The predicted octanol–water partition coefficient (Wildman–Crippen LogP) is 3.92. The molecule has 0 heterocycles. The first kappa shape index (κ1) is 28.4. The Morgan fingerprint density at radius 1 is 1.00 bits per heavy atom. The Bertz CT molecular complexity index is 1060. The summed E-state index contributed by atoms with van der Waals surface area (Å²) in [7, 11) is -3.50. The topological polar surface area (TPSA) is 86.8 Å². The number of benzene rings is 2. The number of hydrogen-bond acceptors (Lipinski definition) is 4. The summed E-state index contributed by atoms with van der Waals surface area (Å²) >= 11 is 0. The Kier molecular flexibility index (Phi) is 11.2. The lowest BCUT2D eigenvalue weighted by Crippen LogP contribution is -2.50. The van der Waals surface area contributed by atoms with Crippen molar-refractivity contribution in [2.24, 2.45) is 0 Å². The molecule has 0 aliphatic heterocycles. The minimum Gasteiger partial charge on any atom is -0.354 e. The largest absolute Gasteiger partial charge is 0.354 e. The van der Waals surface area contributed by atoms with E-state index in [2.05, 4.69) is 5.32 Å². The van der Waals surface area contributed by atoms with Crippen LogP contribution in [0, 0.1) is 6.92 Å². The zero-order valence-corrected chi connectivity index (χ0v) is 22.2. The van der Waals surface area contributed by atoms with Gasteiger partial charge >= 0.3 is 0 Å². The maximum absolute atomic E-state index is 13.3. The van der Waals surface area contributed by atoms with Crippen LogP contribution in [0.1, 0.15) is 50.7 Å². The first-order chi connectivity index (χ1) is 16.7. The summed E-state index contributed by atoms with van der Waals surface area (Å²) in [5.41, 5.74) is 2.64. The van der Waals surface area contributed by atoms with Crippen LogP contribution in [-0.4, -0.2) is 57.1 Å². The number of nitrogens with zero attached hydrogens (tertiary/aromatic N) is 2. The van der Waals surface area contributed by atoms with Crippen LogP contribution in [0.5, 0.6) is 0 Å². The molecule has 0 bridgehead atoms. The highest BCUT2D eigenvalue weighted by Crippen LogP contribution is 2.20. The highest BCUT2D eigenvalue weighted by Gasteiger charge is 2.28. The van der Waals surface area contributed by atoms with Gasteiger partial charge in [0.15, 0.2) is 0 Å². The van der Waals surface area contributed by atoms with Crippen LogP contribution in [0.25, 0.3) is 0 Å². The standard InChI is InChI=1S/C27H39N3O4S/c1-5-18-28-27(32)25(6-2)29(20-17-23-13-8-7-9-14-23)26(31)16-11-19-30(35(4,33)34)24-15-10-12-22(3)21-24/h7-10,12-15,21,25H,5-6,11,16-20H2,1-4H3,(H,28,32). The average molecular weight is 502 g/mol. The van der Waals surface area contributed by atoms with E-state index in [4.69, 9.17) is 0 Å². The Labute approximate surface area is 210 Å². The molecule has 2 amide bonds. The molecular formula is C27H39N3O4S. The van der Waals surface area contributed by atoms with E-state index in [1.54, 1.807) is 11.0 Å². The van der Waals surface area contributed by atoms with Crippen LogP contribution in [-0.2, 0) is 26.0 Å². The van der Waals surface area contributed by atoms with E-state index in [0.29, 0.717) is 38.0 Å². The van der Waals surface area contributed by atoms with E-state index in [-0.39, 0.29) is 24.8 Å². The van der Waals surface area contributed by atoms with Crippen molar-refractivity contribution in [2.45, 2.75) is 58.9 Å². The second kappa shape index (κ2) is 13.9. The lowest BCUT2D eigenvalue weighted by molar-refractivity contribution is -0.140. The molecule has 1 unspecified atom stereocenters. The van der Waals surface area contributed by atoms with Gasteiger partial charge in [0.25, 0.3) is 0 Å². The van der Waals surface area contributed by atoms with Crippen LogP contribution in [0.15, 0.2) is 54.6 Å². The van der Waals surface area contributed by atoms with Gasteiger partial charge in [0.2, 0.25) is 21.8 Å². The minimum atomic E-state index is -3.50. The molecule has 2 rings (SSSR count). The quantitative estimate of drug-likeness (QED) is 0.425. The summed E-state index contributed by atoms with van der Waals surface area (Å²) in [4.78, 5) is 27.8. The van der Waals surface area contributed by atoms with Crippen molar-refractivity contribution in [3.63, 3.8) is 0 Å². The van der Waals surface area contributed by atoms with Gasteiger partial charge in [0.05, 0.1) is 11.9 Å². The highest BCUT2D eigenvalue weighted by atomic mass is 32.2. The molecule has 0 saturated heterocycles. The molecule has 35 heavy (non-hydrogen) atoms. The Hall–Kier alpha value is -2.87. The Balaban J connectivity index is 2.14. The summed E-state index contributed by atoms with van der Waals surface area (Å²) in [6.07, 6.45) is 3.66. The minimum absolute atomic E-state index is 0.142. The van der Waals surface area contributed by atoms with E-state index in [1.165, 1.54) is 10.6 Å². The summed E-state index contributed by atoms with van der Waals surface area (Å²) in [5.74, 6) is -0.287. The fraction of sp³-hybridized carbons (Fsp3) is 0.481. The zero-order chi connectivity index (χ0) is 25.8. The normalized spacial score (nSPS) is 12.1. The monoisotopic (exact) mass is 501 g/mol. The summed E-state index contributed by atoms with van der Waals surface area (Å²) < 4.78 is 26.2. The number of sulfonamides is 1. The van der Waals surface area contributed by atoms with Gasteiger partial charge in [-0.1, -0.05) is 56.3 Å². The lowest BCUT2D eigenvalue weighted by Gasteiger charge is -2.31. The van der Waals surface area contributed by atoms with Crippen molar-refractivity contribution in [3.8, 4) is 0 Å². The molecule has 0 saturated carbocycles. The van der Waals surface area contributed by atoms with E-state index < -0.39 is 16.1 Å². The number of nitrogens with one attached hydrogen (secondary N) is 1. The first-order valence-corrected chi connectivity index (χ1v) is 14.2. The van der Waals surface area contributed by atoms with Gasteiger partial charge in [0, 0.05) is 26.1 Å². The highest BCUT2D eigenvalue weighted by molar-refractivity contribution is 7.92. The maximum Gasteiger partial charge on any atom is 0.242 e. The lowest BCUT2D eigenvalue weighted by atomic mass is 10.1. The van der Waals surface area contributed by atoms with Crippen LogP contribution >= 0.6 is 0 Å². The maximum atomic E-state index is 13.3. The van der Waals surface area contributed by atoms with Gasteiger partial charge < -0.3 is 10.2 Å². The number of amides is 2. The van der Waals surface area contributed by atoms with E-state index in [1.807, 2.05) is 69.3 Å². The predicted molar refractivity (Wildman–Crippen MR) is 142 cm³/mol. The van der Waals surface area contributed by atoms with Crippen LogP contribution in [0.4, 0.5) is 5.69 Å². The SMILES string of the molecule is CCCNC(=O)C(CC)N(CCc1ccccc1)C(=O)CCCN(c1cccc(C)c1)S(C)(=O)=O. The van der Waals surface area contributed by atoms with E-state index in [0.717, 1.165) is 17.5 Å². The van der Waals surface area contributed by atoms with Crippen molar-refractivity contribution in [1.82, 2.24) is 10.2 Å². The molecule has 2 aromatic carbocycles. The molecule has 0 aromatic heterocycles. The Morgan fingerprint density at radius 2 is 1.71 bits per heavy atom. The third-order valence-electron chi connectivity index (χ3n) is 5.86. The third kappa shape index (κ3) is 9.02. The molecule has 0 radical (unpaired) electrons. The van der Waals surface area contributed by atoms with Crippen molar-refractivity contribution in [1.29, 1.82) is 0 Å². The molecule has 2 aromatic rings. The summed E-state index contributed by atoms with van der Waals surface area (Å²) in [6, 6.07) is 16.6. The third-order valence-corrected chi connectivity index (χ3v) is 7.06. The van der Waals surface area contributed by atoms with Crippen LogP contribution < -0.4 is 9.62 Å². The fourth-order valence-corrected chi connectivity index (χ4v) is 5.01. The van der Waals surface area contributed by atoms with Crippen molar-refractivity contribution >= 4 is 27.5 Å². The fourth-order valence-electron chi connectivity index (χ4n) is 4.05. The molecule has 192 valence electrons. The van der Waals surface area contributed by atoms with Crippen molar-refractivity contribution in [2.75, 3.05) is 30.2 Å². The first-order valence-electron chi connectivity index (χ1n) is 12.3. The van der Waals surface area contributed by atoms with Gasteiger partial charge in [-0.25, -0.2) is 8.42 Å². The molecular weight excluding hydrogens is 462 g/mol. The summed E-state index contributed by atoms with van der Waals surface area (Å²) in [6.45, 7) is 6.99. The second-order valence-corrected chi connectivity index (χ2v) is 10.7. The molecule has 8 heteroatoms. The van der Waals surface area contributed by atoms with Crippen molar-refractivity contribution in [3.05, 3.63) is 65.7 Å². The molecule has 1 atom stereocenters. The van der Waals surface area contributed by atoms with Crippen LogP contribution in [0.3, 0.4) is 0 Å². The van der Waals surface area contributed by atoms with Crippen molar-refractivity contribution < 1.29 is 18.0 Å². The number of rotatable bonds is 14. The molecule has 1 N–H and O–H groups in total. The molecule has 0 aliphatic carbocycles. The van der Waals surface area contributed by atoms with Gasteiger partial charge in [-0.15, -0.1) is 0 Å². The van der Waals surface area contributed by atoms with E-state index in [9.17, 15) is 18.0 Å². The molecule has 0 spiro atoms. The summed E-state index contributed by atoms with van der Waals surface area (Å²) in [5, 5.41) is 2.92. The van der Waals surface area contributed by atoms with Crippen LogP contribution in [0.2, 0.25) is 0 Å². The number of aryl methyl sites for hydroxylation is 1. The second-order valence-electron chi connectivity index (χ2n) is 8.82. The number of hydrogen-bond donors (Lipinski definition) is 1. The molecule has 0 aliphatic rings. The van der Waals surface area contributed by atoms with Gasteiger partial charge in [-0.2, -0.15) is 0 Å². The van der Waals surface area contributed by atoms with Gasteiger partial charge in [-0.05, 0) is 55.9 Å². The molecule has 0 fully saturated rings. The molecule has 7 nitrogen and oxygen atoms in total. The smallest absolute Gasteiger partial charge is 0.242 e. The number of anilines is 1. The zero-order valence-electron chi connectivity index (χ0n) is 21.4. The van der Waals surface area contributed by atoms with Gasteiger partial charge in [0.1, 0.15) is 6.04 Å². The Morgan fingerprint density at radius 3 is 2.31 bits per heavy atom. The number of carbonyl (C=O) groups excluding carboxylic acids is 2. The van der Waals surface area contributed by atoms with E-state index >= 15 is 0 Å².